The van der Waals surface area contributed by atoms with Crippen molar-refractivity contribution in [2.45, 2.75) is 43.2 Å². The standard InChI is InChI=1S/C17H19NO3.ClH.H2O/c1-18-7-6-17-10-3-5-13(20)16(17)21-15-12(19)4-2-9(14(15)17)8-11(10)18;;/h2,4,10-11,16,19H,3,5-8H2,1H3;1H;1H2/p-1/t10-,11+,16-,17-;;/m0../s1. The van der Waals surface area contributed by atoms with Gasteiger partial charge in [0.25, 0.3) is 0 Å². The maximum absolute atomic E-state index is 12.5. The third kappa shape index (κ3) is 1.73. The molecule has 0 aromatic heterocycles. The number of Topliss-reactive ketones (excluding diaryl/α,β-unsaturated/α-hetero) is 1. The van der Waals surface area contributed by atoms with Crippen LogP contribution in [0.25, 0.3) is 0 Å². The van der Waals surface area contributed by atoms with Gasteiger partial charge in [-0.1, -0.05) is 6.07 Å². The molecule has 0 unspecified atom stereocenters. The maximum atomic E-state index is 12.5. The third-order valence-corrected chi connectivity index (χ3v) is 6.39. The lowest BCUT2D eigenvalue weighted by molar-refractivity contribution is -0.138. The van der Waals surface area contributed by atoms with Gasteiger partial charge in [0.05, 0.1) is 0 Å². The van der Waals surface area contributed by atoms with Crippen LogP contribution in [-0.2, 0) is 16.6 Å². The predicted molar refractivity (Wildman–Crippen MR) is 80.3 cm³/mol. The van der Waals surface area contributed by atoms with Crippen molar-refractivity contribution in [3.8, 4) is 11.5 Å². The summed E-state index contributed by atoms with van der Waals surface area (Å²) in [6.45, 7) is 1.00. The molecule has 0 amide bonds. The fraction of sp³-hybridized carbons (Fsp3) is 0.588. The number of aromatic hydroxyl groups is 1. The molecule has 2 fully saturated rings. The number of hydrogen-bond donors (Lipinski definition) is 1. The number of benzene rings is 1. The van der Waals surface area contributed by atoms with Gasteiger partial charge in [0.2, 0.25) is 0 Å². The molecular formula is C17H21ClNO4-. The SMILES string of the molecule is CN1CC[C@]23c4c5ccc(O)c4O[C@H]2C(=O)CC[C@H]3[C@H]1C5.O.[Cl-]. The highest BCUT2D eigenvalue weighted by Crippen LogP contribution is 2.62. The molecule has 5 nitrogen and oxygen atoms in total. The average molecular weight is 339 g/mol. The number of likely N-dealkylation sites (N-methyl/N-ethyl adjacent to an activating group) is 1. The van der Waals surface area contributed by atoms with E-state index in [9.17, 15) is 9.90 Å². The first-order valence-corrected chi connectivity index (χ1v) is 7.88. The van der Waals surface area contributed by atoms with Crippen LogP contribution in [0.15, 0.2) is 12.1 Å². The van der Waals surface area contributed by atoms with Crippen LogP contribution in [0, 0.1) is 5.92 Å². The summed E-state index contributed by atoms with van der Waals surface area (Å²) >= 11 is 0. The lowest BCUT2D eigenvalue weighted by Gasteiger charge is -2.57. The number of carbonyl (C=O) groups excluding carboxylic acids is 1. The highest BCUT2D eigenvalue weighted by molar-refractivity contribution is 5.89. The highest BCUT2D eigenvalue weighted by atomic mass is 35.5. The van der Waals surface area contributed by atoms with Gasteiger partial charge >= 0.3 is 0 Å². The van der Waals surface area contributed by atoms with Gasteiger partial charge in [-0.25, -0.2) is 0 Å². The molecule has 2 heterocycles. The summed E-state index contributed by atoms with van der Waals surface area (Å²) in [4.78, 5) is 14.9. The third-order valence-electron chi connectivity index (χ3n) is 6.39. The van der Waals surface area contributed by atoms with Crippen LogP contribution in [0.2, 0.25) is 0 Å². The van der Waals surface area contributed by atoms with Crippen molar-refractivity contribution in [1.29, 1.82) is 0 Å². The van der Waals surface area contributed by atoms with E-state index in [1.807, 2.05) is 6.07 Å². The van der Waals surface area contributed by atoms with Crippen LogP contribution in [0.4, 0.5) is 0 Å². The maximum Gasteiger partial charge on any atom is 0.174 e. The molecule has 6 heteroatoms. The Hall–Kier alpha value is -1.30. The number of ketones is 1. The molecule has 23 heavy (non-hydrogen) atoms. The summed E-state index contributed by atoms with van der Waals surface area (Å²) < 4.78 is 6.04. The fourth-order valence-electron chi connectivity index (χ4n) is 5.52. The van der Waals surface area contributed by atoms with Gasteiger partial charge < -0.3 is 32.6 Å². The summed E-state index contributed by atoms with van der Waals surface area (Å²) in [6.07, 6.45) is 3.18. The number of phenolic OH excluding ortho intramolecular Hbond substituents is 1. The van der Waals surface area contributed by atoms with Crippen molar-refractivity contribution in [3.63, 3.8) is 0 Å². The number of piperidine rings is 1. The van der Waals surface area contributed by atoms with Gasteiger partial charge in [-0.05, 0) is 50.4 Å². The molecule has 2 aliphatic carbocycles. The van der Waals surface area contributed by atoms with Crippen molar-refractivity contribution < 1.29 is 32.5 Å². The molecule has 1 aromatic rings. The van der Waals surface area contributed by atoms with Gasteiger partial charge in [0.15, 0.2) is 23.4 Å². The Morgan fingerprint density at radius 1 is 1.39 bits per heavy atom. The van der Waals surface area contributed by atoms with Crippen molar-refractivity contribution in [2.24, 2.45) is 5.92 Å². The second kappa shape index (κ2) is 5.10. The minimum Gasteiger partial charge on any atom is -1.00 e. The summed E-state index contributed by atoms with van der Waals surface area (Å²) in [6, 6.07) is 4.26. The Balaban J connectivity index is 0.000000781. The molecular weight excluding hydrogens is 318 g/mol. The van der Waals surface area contributed by atoms with Crippen molar-refractivity contribution in [1.82, 2.24) is 4.90 Å². The first-order valence-electron chi connectivity index (χ1n) is 7.88. The number of likely N-dealkylation sites (tertiary alicyclic amines) is 1. The number of hydrogen-bond acceptors (Lipinski definition) is 4. The molecule has 4 atom stereocenters. The van der Waals surface area contributed by atoms with Crippen LogP contribution in [0.3, 0.4) is 0 Å². The molecule has 1 saturated carbocycles. The highest BCUT2D eigenvalue weighted by Gasteiger charge is 2.65. The predicted octanol–water partition coefficient (Wildman–Crippen LogP) is -2.19. The van der Waals surface area contributed by atoms with E-state index in [4.69, 9.17) is 4.74 Å². The van der Waals surface area contributed by atoms with E-state index in [0.717, 1.165) is 31.4 Å². The first-order chi connectivity index (χ1) is 10.1. The zero-order valence-electron chi connectivity index (χ0n) is 13.0. The second-order valence-electron chi connectivity index (χ2n) is 7.10. The van der Waals surface area contributed by atoms with Gasteiger partial charge in [-0.2, -0.15) is 0 Å². The smallest absolute Gasteiger partial charge is 0.174 e. The number of rotatable bonds is 0. The summed E-state index contributed by atoms with van der Waals surface area (Å²) in [5.74, 6) is 1.50. The van der Waals surface area contributed by atoms with Gasteiger partial charge in [0, 0.05) is 23.4 Å². The van der Waals surface area contributed by atoms with Crippen LogP contribution in [0.1, 0.15) is 30.4 Å². The van der Waals surface area contributed by atoms with Gasteiger partial charge in [-0.3, -0.25) is 4.79 Å². The molecule has 1 aromatic carbocycles. The lowest BCUT2D eigenvalue weighted by atomic mass is 9.52. The minimum absolute atomic E-state index is 0. The summed E-state index contributed by atoms with van der Waals surface area (Å²) in [7, 11) is 2.20. The quantitative estimate of drug-likeness (QED) is 0.582. The van der Waals surface area contributed by atoms with Gasteiger partial charge in [0.1, 0.15) is 0 Å². The molecule has 5 rings (SSSR count). The Labute approximate surface area is 141 Å². The van der Waals surface area contributed by atoms with E-state index in [0.29, 0.717) is 24.1 Å². The Morgan fingerprint density at radius 3 is 2.96 bits per heavy atom. The number of phenols is 1. The Morgan fingerprint density at radius 2 is 2.17 bits per heavy atom. The first kappa shape index (κ1) is 16.6. The van der Waals surface area contributed by atoms with Crippen LogP contribution in [-0.4, -0.2) is 47.0 Å². The van der Waals surface area contributed by atoms with Crippen LogP contribution >= 0.6 is 0 Å². The molecule has 3 N–H and O–H groups in total. The van der Waals surface area contributed by atoms with Crippen molar-refractivity contribution in [2.75, 3.05) is 13.6 Å². The molecule has 4 aliphatic rings. The molecule has 1 saturated heterocycles. The minimum atomic E-state index is -0.366. The Bertz CT molecular complexity index is 679. The van der Waals surface area contributed by atoms with Crippen LogP contribution in [0.5, 0.6) is 11.5 Å². The molecule has 1 spiro atoms. The Kier molecular flexibility index (Phi) is 3.67. The monoisotopic (exact) mass is 338 g/mol. The molecule has 126 valence electrons. The average Bonchev–Trinajstić information content (AvgIpc) is 2.83. The largest absolute Gasteiger partial charge is 1.00 e. The van der Waals surface area contributed by atoms with E-state index in [-0.39, 0.29) is 40.9 Å². The van der Waals surface area contributed by atoms with E-state index in [1.165, 1.54) is 5.56 Å². The van der Waals surface area contributed by atoms with E-state index < -0.39 is 0 Å². The van der Waals surface area contributed by atoms with Crippen LogP contribution < -0.4 is 17.1 Å². The normalized spacial score (nSPS) is 36.4. The number of halogens is 1. The number of carbonyl (C=O) groups is 1. The molecule has 2 aliphatic heterocycles. The zero-order chi connectivity index (χ0) is 14.4. The van der Waals surface area contributed by atoms with Gasteiger partial charge in [-0.15, -0.1) is 0 Å². The number of nitrogens with zero attached hydrogens (tertiary/aromatic N) is 1. The summed E-state index contributed by atoms with van der Waals surface area (Å²) in [5.41, 5.74) is 2.26. The fourth-order valence-corrected chi connectivity index (χ4v) is 5.52. The second-order valence-corrected chi connectivity index (χ2v) is 7.10. The number of ether oxygens (including phenoxy) is 1. The van der Waals surface area contributed by atoms with Crippen molar-refractivity contribution in [3.05, 3.63) is 23.3 Å². The topological polar surface area (TPSA) is 81.3 Å². The van der Waals surface area contributed by atoms with E-state index in [1.54, 1.807) is 6.07 Å². The molecule has 0 radical (unpaired) electrons. The lowest BCUT2D eigenvalue weighted by Crippen LogP contribution is -3.00. The summed E-state index contributed by atoms with van der Waals surface area (Å²) in [5, 5.41) is 10.2. The van der Waals surface area contributed by atoms with E-state index in [2.05, 4.69) is 11.9 Å². The van der Waals surface area contributed by atoms with Crippen molar-refractivity contribution >= 4 is 5.78 Å². The van der Waals surface area contributed by atoms with E-state index >= 15 is 0 Å². The molecule has 2 bridgehead atoms. The zero-order valence-corrected chi connectivity index (χ0v) is 13.8.